The van der Waals surface area contributed by atoms with Gasteiger partial charge in [-0.25, -0.2) is 0 Å². The Morgan fingerprint density at radius 2 is 2.00 bits per heavy atom. The van der Waals surface area contributed by atoms with E-state index in [9.17, 15) is 19.5 Å². The topological polar surface area (TPSA) is 87.1 Å². The van der Waals surface area contributed by atoms with Crippen LogP contribution < -0.4 is 4.90 Å². The molecule has 1 spiro atoms. The molecule has 4 rings (SSSR count). The Kier molecular flexibility index (Phi) is 9.44. The number of hydrogen-bond donors (Lipinski definition) is 1. The second-order valence-corrected chi connectivity index (χ2v) is 14.1. The first-order valence-electron chi connectivity index (χ1n) is 14.9. The van der Waals surface area contributed by atoms with Gasteiger partial charge in [0.2, 0.25) is 5.91 Å². The van der Waals surface area contributed by atoms with Crippen molar-refractivity contribution in [2.75, 3.05) is 24.7 Å². The summed E-state index contributed by atoms with van der Waals surface area (Å²) in [6, 6.07) is 4.65. The van der Waals surface area contributed by atoms with Crippen LogP contribution in [0.3, 0.4) is 0 Å². The van der Waals surface area contributed by atoms with E-state index in [0.717, 1.165) is 29.7 Å². The summed E-state index contributed by atoms with van der Waals surface area (Å²) >= 11 is 1.63. The summed E-state index contributed by atoms with van der Waals surface area (Å²) in [5, 5.41) is 10.6. The van der Waals surface area contributed by atoms with Crippen LogP contribution in [0.2, 0.25) is 0 Å². The second kappa shape index (κ2) is 12.3. The zero-order chi connectivity index (χ0) is 30.1. The van der Waals surface area contributed by atoms with Crippen molar-refractivity contribution < 1.29 is 24.2 Å². The highest BCUT2D eigenvalue weighted by Gasteiger charge is 2.78. The number of amides is 2. The molecular formula is C33H46N2O5S. The van der Waals surface area contributed by atoms with Gasteiger partial charge in [-0.1, -0.05) is 44.6 Å². The molecule has 41 heavy (non-hydrogen) atoms. The van der Waals surface area contributed by atoms with Gasteiger partial charge in [0.25, 0.3) is 5.91 Å². The van der Waals surface area contributed by atoms with Crippen LogP contribution in [0, 0.1) is 31.6 Å². The fourth-order valence-corrected chi connectivity index (χ4v) is 9.58. The molecular weight excluding hydrogens is 536 g/mol. The molecule has 0 aromatic heterocycles. The minimum absolute atomic E-state index is 0.0369. The van der Waals surface area contributed by atoms with E-state index >= 15 is 0 Å². The Morgan fingerprint density at radius 1 is 1.27 bits per heavy atom. The van der Waals surface area contributed by atoms with Gasteiger partial charge in [0.15, 0.2) is 0 Å². The number of ether oxygens (including phenoxy) is 1. The van der Waals surface area contributed by atoms with Crippen LogP contribution >= 0.6 is 11.8 Å². The van der Waals surface area contributed by atoms with Crippen molar-refractivity contribution in [1.29, 1.82) is 0 Å². The molecule has 2 bridgehead atoms. The molecule has 0 saturated carbocycles. The molecule has 0 radical (unpaired) electrons. The number of unbranched alkanes of at least 4 members (excludes halogenated alkanes) is 1. The quantitative estimate of drug-likeness (QED) is 0.195. The van der Waals surface area contributed by atoms with E-state index in [1.54, 1.807) is 33.7 Å². The highest BCUT2D eigenvalue weighted by atomic mass is 32.2. The highest BCUT2D eigenvalue weighted by Crippen LogP contribution is 2.72. The van der Waals surface area contributed by atoms with Crippen LogP contribution in [0.25, 0.3) is 0 Å². The van der Waals surface area contributed by atoms with Crippen molar-refractivity contribution in [3.63, 3.8) is 0 Å². The summed E-state index contributed by atoms with van der Waals surface area (Å²) in [6.07, 6.45) is 7.01. The number of anilines is 1. The van der Waals surface area contributed by atoms with Crippen molar-refractivity contribution in [2.24, 2.45) is 17.8 Å². The smallest absolute Gasteiger partial charge is 0.311 e. The van der Waals surface area contributed by atoms with Gasteiger partial charge in [-0.3, -0.25) is 14.4 Å². The van der Waals surface area contributed by atoms with Gasteiger partial charge in [0.1, 0.15) is 6.04 Å². The zero-order valence-corrected chi connectivity index (χ0v) is 26.0. The number of benzene rings is 1. The fourth-order valence-electron chi connectivity index (χ4n) is 7.26. The molecule has 2 amide bonds. The average molecular weight is 583 g/mol. The maximum atomic E-state index is 14.9. The first-order valence-corrected chi connectivity index (χ1v) is 15.7. The van der Waals surface area contributed by atoms with Crippen molar-refractivity contribution in [3.8, 4) is 0 Å². The van der Waals surface area contributed by atoms with E-state index in [0.29, 0.717) is 19.3 Å². The maximum Gasteiger partial charge on any atom is 0.311 e. The lowest BCUT2D eigenvalue weighted by Crippen LogP contribution is -2.58. The van der Waals surface area contributed by atoms with Gasteiger partial charge in [0.05, 0.1) is 35.8 Å². The van der Waals surface area contributed by atoms with Crippen molar-refractivity contribution in [3.05, 3.63) is 54.6 Å². The lowest BCUT2D eigenvalue weighted by molar-refractivity contribution is -0.156. The number of nitrogens with zero attached hydrogens (tertiary/aromatic N) is 2. The molecule has 1 aromatic rings. The molecule has 7 atom stereocenters. The largest absolute Gasteiger partial charge is 0.465 e. The Balaban J connectivity index is 1.83. The zero-order valence-electron chi connectivity index (χ0n) is 25.2. The summed E-state index contributed by atoms with van der Waals surface area (Å²) in [7, 11) is 0. The van der Waals surface area contributed by atoms with E-state index in [-0.39, 0.29) is 43.5 Å². The van der Waals surface area contributed by atoms with Crippen LogP contribution in [-0.2, 0) is 19.1 Å². The molecule has 3 aliphatic heterocycles. The molecule has 1 N–H and O–H groups in total. The maximum absolute atomic E-state index is 14.9. The molecule has 0 aliphatic carbocycles. The van der Waals surface area contributed by atoms with Crippen molar-refractivity contribution in [2.45, 2.75) is 88.3 Å². The number of rotatable bonds is 13. The predicted octanol–water partition coefficient (Wildman–Crippen LogP) is 5.22. The number of fused-ring (bicyclic) bond motifs is 1. The molecule has 3 fully saturated rings. The number of allylic oxidation sites excluding steroid dienone is 1. The van der Waals surface area contributed by atoms with E-state index in [2.05, 4.69) is 13.2 Å². The van der Waals surface area contributed by atoms with E-state index in [1.165, 1.54) is 0 Å². The van der Waals surface area contributed by atoms with Gasteiger partial charge < -0.3 is 19.6 Å². The number of aliphatic hydroxyl groups excluding tert-OH is 1. The standard InChI is InChI=1S/C33H46N2O5S/c1-8-11-12-18-40-31(39)27-26-29(37)35(25(20-36)22(5)10-3)28(33(26)16-15-32(27,7)41-33)30(38)34(17-9-2)24-19-21(4)13-14-23(24)6/h8-9,13-14,19,22,25-28,36H,1-2,10-12,15-18,20H2,3-7H3/t22-,25-,26-,27+,28?,32-,33?/m0/s1. The van der Waals surface area contributed by atoms with Crippen LogP contribution in [0.4, 0.5) is 5.69 Å². The second-order valence-electron chi connectivity index (χ2n) is 12.2. The molecule has 2 unspecified atom stereocenters. The number of aryl methyl sites for hydroxylation is 2. The van der Waals surface area contributed by atoms with Gasteiger partial charge in [-0.15, -0.1) is 24.9 Å². The molecule has 7 nitrogen and oxygen atoms in total. The lowest BCUT2D eigenvalue weighted by Gasteiger charge is -2.41. The monoisotopic (exact) mass is 582 g/mol. The first kappa shape index (κ1) is 31.4. The number of hydrogen-bond acceptors (Lipinski definition) is 6. The Hall–Kier alpha value is -2.58. The number of thioether (sulfide) groups is 1. The molecule has 224 valence electrons. The van der Waals surface area contributed by atoms with Crippen LogP contribution in [0.5, 0.6) is 0 Å². The third-order valence-electron chi connectivity index (χ3n) is 9.58. The summed E-state index contributed by atoms with van der Waals surface area (Å²) in [5.74, 6) is -2.14. The van der Waals surface area contributed by atoms with Gasteiger partial charge in [-0.05, 0) is 69.6 Å². The summed E-state index contributed by atoms with van der Waals surface area (Å²) < 4.78 is 4.45. The van der Waals surface area contributed by atoms with Crippen molar-refractivity contribution >= 4 is 35.2 Å². The summed E-state index contributed by atoms with van der Waals surface area (Å²) in [5.41, 5.74) is 2.76. The van der Waals surface area contributed by atoms with E-state index < -0.39 is 33.4 Å². The van der Waals surface area contributed by atoms with Crippen molar-refractivity contribution in [1.82, 2.24) is 4.90 Å². The highest BCUT2D eigenvalue weighted by molar-refractivity contribution is 8.02. The number of carbonyl (C=O) groups excluding carboxylic acids is 3. The summed E-state index contributed by atoms with van der Waals surface area (Å²) in [6.45, 7) is 18.0. The van der Waals surface area contributed by atoms with E-state index in [4.69, 9.17) is 4.74 Å². The predicted molar refractivity (Wildman–Crippen MR) is 165 cm³/mol. The number of likely N-dealkylation sites (tertiary alicyclic amines) is 1. The number of carbonyl (C=O) groups is 3. The Labute approximate surface area is 249 Å². The Bertz CT molecular complexity index is 1200. The van der Waals surface area contributed by atoms with Crippen LogP contribution in [-0.4, -0.2) is 69.1 Å². The third-order valence-corrected chi connectivity index (χ3v) is 11.6. The van der Waals surface area contributed by atoms with Gasteiger partial charge in [-0.2, -0.15) is 0 Å². The van der Waals surface area contributed by atoms with Gasteiger partial charge >= 0.3 is 5.97 Å². The third kappa shape index (κ3) is 5.27. The van der Waals surface area contributed by atoms with Crippen LogP contribution in [0.1, 0.15) is 64.0 Å². The fraction of sp³-hybridized carbons (Fsp3) is 0.606. The SMILES string of the molecule is C=CCCCOC(=O)[C@H]1[C@H]2C(=O)N([C@@H](CO)[C@@H](C)CC)C(C(=O)N(CC=C)c3cc(C)ccc3C)C23CC[C@]1(C)S3. The lowest BCUT2D eigenvalue weighted by atomic mass is 9.66. The molecule has 1 aromatic carbocycles. The molecule has 8 heteroatoms. The molecule has 3 saturated heterocycles. The first-order chi connectivity index (χ1) is 19.5. The Morgan fingerprint density at radius 3 is 2.63 bits per heavy atom. The van der Waals surface area contributed by atoms with E-state index in [1.807, 2.05) is 52.8 Å². The van der Waals surface area contributed by atoms with Crippen LogP contribution in [0.15, 0.2) is 43.5 Å². The average Bonchev–Trinajstić information content (AvgIpc) is 3.52. The molecule has 3 aliphatic rings. The number of aliphatic hydroxyl groups is 1. The minimum atomic E-state index is -0.823. The minimum Gasteiger partial charge on any atom is -0.465 e. The number of esters is 1. The summed E-state index contributed by atoms with van der Waals surface area (Å²) in [4.78, 5) is 46.5. The molecule has 3 heterocycles. The van der Waals surface area contributed by atoms with Gasteiger partial charge in [0, 0.05) is 17.0 Å². The normalized spacial score (nSPS) is 29.7.